The minimum atomic E-state index is -0.374. The predicted molar refractivity (Wildman–Crippen MR) is 65.8 cm³/mol. The molecule has 1 unspecified atom stereocenters. The van der Waals surface area contributed by atoms with Crippen molar-refractivity contribution < 1.29 is 4.79 Å². The second-order valence-corrected chi connectivity index (χ2v) is 4.56. The first-order chi connectivity index (χ1) is 8.72. The van der Waals surface area contributed by atoms with E-state index >= 15 is 0 Å². The summed E-state index contributed by atoms with van der Waals surface area (Å²) in [4.78, 5) is 17.4. The summed E-state index contributed by atoms with van der Waals surface area (Å²) in [7, 11) is 0. The molecule has 0 radical (unpaired) electrons. The van der Waals surface area contributed by atoms with Crippen LogP contribution in [0.15, 0.2) is 29.3 Å². The van der Waals surface area contributed by atoms with Gasteiger partial charge in [0, 0.05) is 11.6 Å². The third kappa shape index (κ3) is 1.54. The van der Waals surface area contributed by atoms with Gasteiger partial charge in [0.1, 0.15) is 11.9 Å². The number of benzene rings is 1. The number of aliphatic imine (C=N–C) groups is 1. The molecule has 1 saturated carbocycles. The largest absolute Gasteiger partial charge is 0.385 e. The molecule has 5 heteroatoms. The van der Waals surface area contributed by atoms with E-state index < -0.39 is 0 Å². The smallest absolute Gasteiger partial charge is 0.346 e. The average Bonchev–Trinajstić information content (AvgIpc) is 3.15. The highest BCUT2D eigenvalue weighted by Gasteiger charge is 2.44. The van der Waals surface area contributed by atoms with E-state index in [0.717, 1.165) is 18.4 Å². The molecule has 0 saturated heterocycles. The highest BCUT2D eigenvalue weighted by Crippen LogP contribution is 2.38. The molecule has 1 atom stereocenters. The number of nitrogens with two attached hydrogens (primary N) is 1. The Hall–Kier alpha value is -2.35. The summed E-state index contributed by atoms with van der Waals surface area (Å²) in [5, 5.41) is 9.14. The van der Waals surface area contributed by atoms with Crippen molar-refractivity contribution in [2.24, 2.45) is 10.7 Å². The van der Waals surface area contributed by atoms with E-state index in [0.29, 0.717) is 5.56 Å². The van der Waals surface area contributed by atoms with Crippen molar-refractivity contribution in [2.75, 3.05) is 0 Å². The first-order valence-electron chi connectivity index (χ1n) is 5.87. The van der Waals surface area contributed by atoms with Crippen molar-refractivity contribution in [3.63, 3.8) is 0 Å². The molecule has 1 heterocycles. The highest BCUT2D eigenvalue weighted by atomic mass is 16.2. The van der Waals surface area contributed by atoms with E-state index in [9.17, 15) is 4.79 Å². The van der Waals surface area contributed by atoms with Crippen LogP contribution in [0.5, 0.6) is 0 Å². The molecule has 1 fully saturated rings. The lowest BCUT2D eigenvalue weighted by molar-refractivity contribution is 0.203. The molecule has 1 aromatic carbocycles. The fourth-order valence-electron chi connectivity index (χ4n) is 2.35. The third-order valence-corrected chi connectivity index (χ3v) is 3.32. The van der Waals surface area contributed by atoms with Gasteiger partial charge >= 0.3 is 6.03 Å². The Labute approximate surface area is 105 Å². The van der Waals surface area contributed by atoms with Crippen LogP contribution in [0.2, 0.25) is 0 Å². The summed E-state index contributed by atoms with van der Waals surface area (Å²) in [6.07, 6.45) is 1.97. The number of nitrogens with zero attached hydrogens (tertiary/aromatic N) is 3. The molecule has 0 aromatic heterocycles. The first-order valence-corrected chi connectivity index (χ1v) is 5.87. The minimum Gasteiger partial charge on any atom is -0.385 e. The summed E-state index contributed by atoms with van der Waals surface area (Å²) >= 11 is 0. The Kier molecular flexibility index (Phi) is 2.30. The molecular formula is C13H12N4O. The van der Waals surface area contributed by atoms with Gasteiger partial charge in [0.15, 0.2) is 0 Å². The summed E-state index contributed by atoms with van der Waals surface area (Å²) in [6, 6.07) is 8.91. The minimum absolute atomic E-state index is 0.221. The van der Waals surface area contributed by atoms with E-state index in [1.54, 1.807) is 17.0 Å². The van der Waals surface area contributed by atoms with E-state index in [-0.39, 0.29) is 24.0 Å². The number of hydrogen-bond acceptors (Lipinski definition) is 3. The van der Waals surface area contributed by atoms with Crippen molar-refractivity contribution in [1.82, 2.24) is 4.90 Å². The number of amidine groups is 1. The molecule has 0 spiro atoms. The van der Waals surface area contributed by atoms with Gasteiger partial charge in [0.25, 0.3) is 0 Å². The quantitative estimate of drug-likeness (QED) is 0.851. The van der Waals surface area contributed by atoms with Crippen LogP contribution in [0.4, 0.5) is 4.79 Å². The summed E-state index contributed by atoms with van der Waals surface area (Å²) in [5.74, 6) is 0.287. The molecule has 18 heavy (non-hydrogen) atoms. The van der Waals surface area contributed by atoms with Crippen molar-refractivity contribution in [3.05, 3.63) is 35.4 Å². The van der Waals surface area contributed by atoms with Gasteiger partial charge < -0.3 is 10.6 Å². The molecule has 3 rings (SSSR count). The van der Waals surface area contributed by atoms with E-state index in [1.807, 2.05) is 12.1 Å². The lowest BCUT2D eigenvalue weighted by Crippen LogP contribution is -2.35. The van der Waals surface area contributed by atoms with Crippen LogP contribution in [0.1, 0.15) is 30.0 Å². The summed E-state index contributed by atoms with van der Waals surface area (Å²) < 4.78 is 0. The Morgan fingerprint density at radius 1 is 1.39 bits per heavy atom. The fraction of sp³-hybridized carbons (Fsp3) is 0.308. The lowest BCUT2D eigenvalue weighted by Gasteiger charge is -2.24. The zero-order valence-electron chi connectivity index (χ0n) is 9.71. The van der Waals surface area contributed by atoms with Gasteiger partial charge in [-0.15, -0.1) is 0 Å². The molecule has 90 valence electrons. The maximum atomic E-state index is 11.8. The number of hydrogen-bond donors (Lipinski definition) is 1. The molecule has 5 nitrogen and oxygen atoms in total. The molecule has 1 aromatic rings. The monoisotopic (exact) mass is 240 g/mol. The average molecular weight is 240 g/mol. The Bertz CT molecular complexity index is 583. The topological polar surface area (TPSA) is 82.5 Å². The van der Waals surface area contributed by atoms with Crippen LogP contribution < -0.4 is 5.73 Å². The van der Waals surface area contributed by atoms with Crippen LogP contribution >= 0.6 is 0 Å². The van der Waals surface area contributed by atoms with Crippen LogP contribution in [-0.2, 0) is 0 Å². The van der Waals surface area contributed by atoms with Gasteiger partial charge in [-0.25, -0.2) is 4.79 Å². The van der Waals surface area contributed by atoms with Crippen molar-refractivity contribution >= 4 is 11.9 Å². The van der Waals surface area contributed by atoms with Crippen LogP contribution in [0.25, 0.3) is 0 Å². The second kappa shape index (κ2) is 3.84. The Balaban J connectivity index is 2.06. The van der Waals surface area contributed by atoms with Crippen LogP contribution in [0.3, 0.4) is 0 Å². The molecule has 0 bridgehead atoms. The number of rotatable bonds is 2. The number of urea groups is 1. The Morgan fingerprint density at radius 2 is 2.11 bits per heavy atom. The molecule has 1 aliphatic heterocycles. The van der Waals surface area contributed by atoms with Crippen LogP contribution in [0, 0.1) is 11.3 Å². The van der Waals surface area contributed by atoms with Crippen LogP contribution in [-0.4, -0.2) is 22.8 Å². The van der Waals surface area contributed by atoms with E-state index in [2.05, 4.69) is 11.1 Å². The normalized spacial score (nSPS) is 22.8. The standard InChI is InChI=1S/C13H12N4O/c14-7-8-3-1-2-4-10(8)11-12(15)16-13(18)17(11)9-5-6-9/h1-4,9,11H,5-6H2,(H2,15,16,18). The van der Waals surface area contributed by atoms with Gasteiger partial charge in [-0.1, -0.05) is 18.2 Å². The van der Waals surface area contributed by atoms with Gasteiger partial charge in [-0.05, 0) is 18.9 Å². The number of carbonyl (C=O) groups is 1. The maximum absolute atomic E-state index is 11.8. The third-order valence-electron chi connectivity index (χ3n) is 3.32. The lowest BCUT2D eigenvalue weighted by atomic mass is 9.99. The fourth-order valence-corrected chi connectivity index (χ4v) is 2.35. The molecule has 2 amide bonds. The van der Waals surface area contributed by atoms with E-state index in [1.165, 1.54) is 0 Å². The number of amides is 2. The van der Waals surface area contributed by atoms with Gasteiger partial charge in [-0.2, -0.15) is 10.3 Å². The highest BCUT2D eigenvalue weighted by molar-refractivity contribution is 6.03. The number of nitriles is 1. The van der Waals surface area contributed by atoms with Crippen molar-refractivity contribution in [3.8, 4) is 6.07 Å². The maximum Gasteiger partial charge on any atom is 0.346 e. The summed E-state index contributed by atoms with van der Waals surface area (Å²) in [6.45, 7) is 0. The Morgan fingerprint density at radius 3 is 2.78 bits per heavy atom. The number of carbonyl (C=O) groups excluding carboxylic acids is 1. The summed E-state index contributed by atoms with van der Waals surface area (Å²) in [5.41, 5.74) is 7.16. The second-order valence-electron chi connectivity index (χ2n) is 4.56. The SMILES string of the molecule is N#Cc1ccccc1C1C(N)=NC(=O)N1C1CC1. The zero-order valence-corrected chi connectivity index (χ0v) is 9.71. The molecule has 2 N–H and O–H groups in total. The van der Waals surface area contributed by atoms with Gasteiger partial charge in [0.2, 0.25) is 0 Å². The van der Waals surface area contributed by atoms with Gasteiger partial charge in [-0.3, -0.25) is 0 Å². The molecule has 2 aliphatic rings. The van der Waals surface area contributed by atoms with Crippen molar-refractivity contribution in [2.45, 2.75) is 24.9 Å². The van der Waals surface area contributed by atoms with Gasteiger partial charge in [0.05, 0.1) is 11.6 Å². The molecule has 1 aliphatic carbocycles. The zero-order chi connectivity index (χ0) is 12.7. The van der Waals surface area contributed by atoms with E-state index in [4.69, 9.17) is 11.0 Å². The van der Waals surface area contributed by atoms with Crippen molar-refractivity contribution in [1.29, 1.82) is 5.26 Å². The molecular weight excluding hydrogens is 228 g/mol. The predicted octanol–water partition coefficient (Wildman–Crippen LogP) is 1.55. The first kappa shape index (κ1) is 10.8.